The number of carbonyl (C=O) groups excluding carboxylic acids is 6. The van der Waals surface area contributed by atoms with Crippen LogP contribution in [0.1, 0.15) is 62.5 Å². The summed E-state index contributed by atoms with van der Waals surface area (Å²) in [5.41, 5.74) is 14.5. The highest BCUT2D eigenvalue weighted by Crippen LogP contribution is 2.32. The van der Waals surface area contributed by atoms with Gasteiger partial charge in [-0.05, 0) is 49.2 Å². The summed E-state index contributed by atoms with van der Waals surface area (Å²) < 4.78 is 11.1. The molecular formula is C39H44N12O10. The number of imide groups is 2. The molecular weight excluding hydrogens is 797 g/mol. The molecule has 22 nitrogen and oxygen atoms in total. The maximum absolute atomic E-state index is 13.2. The molecule has 0 saturated carbocycles. The first-order valence-electron chi connectivity index (χ1n) is 19.2. The Labute approximate surface area is 347 Å². The van der Waals surface area contributed by atoms with Crippen molar-refractivity contribution in [2.45, 2.75) is 44.3 Å². The molecule has 6 rings (SSSR count). The van der Waals surface area contributed by atoms with Crippen molar-refractivity contribution in [1.29, 1.82) is 0 Å². The summed E-state index contributed by atoms with van der Waals surface area (Å²) in [6.45, 7) is 1.41. The molecule has 61 heavy (non-hydrogen) atoms. The quantitative estimate of drug-likeness (QED) is 0.0449. The Bertz CT molecular complexity index is 2340. The van der Waals surface area contributed by atoms with E-state index in [-0.39, 0.29) is 99.3 Å². The van der Waals surface area contributed by atoms with Crippen molar-refractivity contribution in [2.24, 2.45) is 0 Å². The van der Waals surface area contributed by atoms with Crippen LogP contribution in [0.5, 0.6) is 0 Å². The Hall–Kier alpha value is -7.33. The Kier molecular flexibility index (Phi) is 13.9. The van der Waals surface area contributed by atoms with Crippen LogP contribution >= 0.6 is 0 Å². The van der Waals surface area contributed by atoms with Crippen molar-refractivity contribution in [1.82, 2.24) is 40.8 Å². The molecule has 1 unspecified atom stereocenters. The Morgan fingerprint density at radius 1 is 0.967 bits per heavy atom. The molecule has 1 fully saturated rings. The molecule has 9 N–H and O–H groups in total. The number of carbonyl (C=O) groups is 7. The number of hydrogen-bond acceptors (Lipinski definition) is 17. The lowest BCUT2D eigenvalue weighted by Crippen LogP contribution is -2.54. The van der Waals surface area contributed by atoms with Gasteiger partial charge in [0.2, 0.25) is 23.7 Å². The van der Waals surface area contributed by atoms with E-state index in [2.05, 4.69) is 41.2 Å². The average molecular weight is 841 g/mol. The number of nitrogens with zero attached hydrogens (tertiary/aromatic N) is 6. The number of fused-ring (bicyclic) bond motifs is 2. The third-order valence-electron chi connectivity index (χ3n) is 9.69. The number of nitrogen functional groups attached to an aromatic ring is 2. The van der Waals surface area contributed by atoms with Gasteiger partial charge in [0, 0.05) is 49.9 Å². The van der Waals surface area contributed by atoms with E-state index < -0.39 is 53.5 Å². The first kappa shape index (κ1) is 43.3. The number of piperidine rings is 1. The van der Waals surface area contributed by atoms with Crippen LogP contribution in [0.25, 0.3) is 11.2 Å². The summed E-state index contributed by atoms with van der Waals surface area (Å²) in [6, 6.07) is 9.16. The Balaban J connectivity index is 0.894. The molecule has 0 spiro atoms. The van der Waals surface area contributed by atoms with E-state index >= 15 is 0 Å². The molecule has 2 aliphatic rings. The van der Waals surface area contributed by atoms with Gasteiger partial charge in [0.15, 0.2) is 17.0 Å². The topological polar surface area (TPSA) is 316 Å². The summed E-state index contributed by atoms with van der Waals surface area (Å²) in [5.74, 6) is -4.51. The largest absolute Gasteiger partial charge is 0.481 e. The van der Waals surface area contributed by atoms with Gasteiger partial charge in [-0.15, -0.1) is 0 Å². The highest BCUT2D eigenvalue weighted by atomic mass is 16.5. The smallest absolute Gasteiger partial charge is 0.303 e. The zero-order valence-corrected chi connectivity index (χ0v) is 33.0. The van der Waals surface area contributed by atoms with E-state index in [0.717, 1.165) is 10.6 Å². The number of amides is 6. The van der Waals surface area contributed by atoms with Crippen LogP contribution in [0.2, 0.25) is 0 Å². The third kappa shape index (κ3) is 10.7. The number of nitrogens with one attached hydrogen (secondary N) is 4. The Morgan fingerprint density at radius 2 is 1.70 bits per heavy atom. The minimum atomic E-state index is -1.13. The summed E-state index contributed by atoms with van der Waals surface area (Å²) >= 11 is 0. The molecule has 6 amide bonds. The zero-order valence-electron chi connectivity index (χ0n) is 33.0. The summed E-state index contributed by atoms with van der Waals surface area (Å²) in [5, 5.41) is 19.8. The summed E-state index contributed by atoms with van der Waals surface area (Å²) in [4.78, 5) is 107. The Morgan fingerprint density at radius 3 is 2.43 bits per heavy atom. The second-order valence-electron chi connectivity index (χ2n) is 14.0. The lowest BCUT2D eigenvalue weighted by Gasteiger charge is -2.27. The van der Waals surface area contributed by atoms with Crippen molar-refractivity contribution in [3.63, 3.8) is 0 Å². The number of ether oxygens (including phenoxy) is 2. The molecule has 4 heterocycles. The number of anilines is 4. The van der Waals surface area contributed by atoms with Crippen molar-refractivity contribution in [2.75, 3.05) is 68.2 Å². The molecule has 320 valence electrons. The van der Waals surface area contributed by atoms with E-state index in [1.807, 2.05) is 11.9 Å². The van der Waals surface area contributed by atoms with Gasteiger partial charge < -0.3 is 46.9 Å². The van der Waals surface area contributed by atoms with Gasteiger partial charge in [0.1, 0.15) is 12.1 Å². The van der Waals surface area contributed by atoms with E-state index in [1.165, 1.54) is 6.07 Å². The molecule has 0 aliphatic carbocycles. The van der Waals surface area contributed by atoms with E-state index in [0.29, 0.717) is 23.4 Å². The number of rotatable bonds is 20. The minimum absolute atomic E-state index is 0.00355. The summed E-state index contributed by atoms with van der Waals surface area (Å²) in [7, 11) is 1.82. The minimum Gasteiger partial charge on any atom is -0.481 e. The van der Waals surface area contributed by atoms with E-state index in [9.17, 15) is 38.7 Å². The SMILES string of the molecule is CN(Cc1cnc2nc(N)nc(N)c2n1)c1ccc(C(=O)N[C@H](CCC(=O)O)C(=O)NCCOCCOCCNc2cccc3c2C(=O)N(C2CCC(=O)NC2=O)C3=O)cc1. The fraction of sp³-hybridized carbons (Fsp3) is 0.359. The monoisotopic (exact) mass is 840 g/mol. The van der Waals surface area contributed by atoms with Crippen LogP contribution in [0.4, 0.5) is 23.1 Å². The number of aromatic nitrogens is 4. The number of hydrogen-bond donors (Lipinski definition) is 7. The molecule has 4 aromatic rings. The lowest BCUT2D eigenvalue weighted by molar-refractivity contribution is -0.138. The van der Waals surface area contributed by atoms with Crippen molar-refractivity contribution < 1.29 is 48.1 Å². The maximum atomic E-state index is 13.2. The van der Waals surface area contributed by atoms with Crippen LogP contribution in [0.15, 0.2) is 48.7 Å². The lowest BCUT2D eigenvalue weighted by atomic mass is 10.0. The van der Waals surface area contributed by atoms with Gasteiger partial charge in [-0.1, -0.05) is 6.07 Å². The van der Waals surface area contributed by atoms with Gasteiger partial charge in [-0.3, -0.25) is 43.8 Å². The highest BCUT2D eigenvalue weighted by Gasteiger charge is 2.45. The van der Waals surface area contributed by atoms with E-state index in [4.69, 9.17) is 20.9 Å². The van der Waals surface area contributed by atoms with Crippen LogP contribution < -0.4 is 37.6 Å². The number of nitrogens with two attached hydrogens (primary N) is 2. The highest BCUT2D eigenvalue weighted by molar-refractivity contribution is 6.25. The molecule has 22 heteroatoms. The average Bonchev–Trinajstić information content (AvgIpc) is 3.48. The van der Waals surface area contributed by atoms with Crippen molar-refractivity contribution >= 4 is 75.7 Å². The third-order valence-corrected chi connectivity index (χ3v) is 9.69. The number of carboxylic acids is 1. The van der Waals surface area contributed by atoms with Gasteiger partial charge in [-0.25, -0.2) is 9.97 Å². The van der Waals surface area contributed by atoms with Gasteiger partial charge in [0.05, 0.1) is 56.0 Å². The number of carboxylic acid groups (broad SMARTS) is 1. The molecule has 0 bridgehead atoms. The van der Waals surface area contributed by atoms with Crippen LogP contribution in [0.3, 0.4) is 0 Å². The van der Waals surface area contributed by atoms with E-state index in [1.54, 1.807) is 42.6 Å². The second kappa shape index (κ2) is 19.6. The normalized spacial score (nSPS) is 15.3. The van der Waals surface area contributed by atoms with Crippen molar-refractivity contribution in [3.05, 3.63) is 71.0 Å². The van der Waals surface area contributed by atoms with Crippen LogP contribution in [-0.2, 0) is 35.2 Å². The molecule has 0 radical (unpaired) electrons. The fourth-order valence-electron chi connectivity index (χ4n) is 6.65. The summed E-state index contributed by atoms with van der Waals surface area (Å²) in [6.07, 6.45) is 1.14. The standard InChI is InChI=1S/C39H44N12O10/c1-50(20-22-19-44-33-31(45-22)32(40)48-39(41)49-33)23-7-5-21(6-8-23)34(55)46-26(9-12-29(53)54)35(56)43-14-16-61-18-17-60-15-13-42-25-4-2-3-24-30(25)38(59)51(37(24)58)27-10-11-28(52)47-36(27)57/h2-8,19,26-27,42H,9-18,20H2,1H3,(H,43,56)(H,46,55)(H,53,54)(H,47,52,57)(H4,40,41,44,48,49)/t26-,27?/m1/s1. The van der Waals surface area contributed by atoms with Crippen molar-refractivity contribution in [3.8, 4) is 0 Å². The maximum Gasteiger partial charge on any atom is 0.303 e. The first-order chi connectivity index (χ1) is 29.3. The number of benzene rings is 2. The molecule has 2 aromatic carbocycles. The predicted molar refractivity (Wildman–Crippen MR) is 217 cm³/mol. The fourth-order valence-corrected chi connectivity index (χ4v) is 6.65. The second-order valence-corrected chi connectivity index (χ2v) is 14.0. The molecule has 2 atom stereocenters. The van der Waals surface area contributed by atoms with Crippen LogP contribution in [-0.4, -0.2) is 130 Å². The van der Waals surface area contributed by atoms with Gasteiger partial charge >= 0.3 is 5.97 Å². The molecule has 1 saturated heterocycles. The number of aliphatic carboxylic acids is 1. The molecule has 2 aliphatic heterocycles. The predicted octanol–water partition coefficient (Wildman–Crippen LogP) is -0.153. The molecule has 2 aromatic heterocycles. The van der Waals surface area contributed by atoms with Gasteiger partial charge in [-0.2, -0.15) is 9.97 Å². The first-order valence-corrected chi connectivity index (χ1v) is 19.2. The van der Waals surface area contributed by atoms with Gasteiger partial charge in [0.25, 0.3) is 17.7 Å². The zero-order chi connectivity index (χ0) is 43.6. The van der Waals surface area contributed by atoms with Crippen LogP contribution in [0, 0.1) is 0 Å².